The van der Waals surface area contributed by atoms with Crippen LogP contribution in [0.2, 0.25) is 5.02 Å². The van der Waals surface area contributed by atoms with Crippen LogP contribution in [0.4, 0.5) is 0 Å². The SMILES string of the molecule is [2H]C1([2H])CCC([2H])([2H])N1C([2H])([2H])c1nc2ccccc2n1C([2H])([2H])c1ccc(Cl)cc1. The second-order valence-electron chi connectivity index (χ2n) is 5.14. The lowest BCUT2D eigenvalue weighted by Gasteiger charge is -2.16. The second kappa shape index (κ2) is 6.34. The van der Waals surface area contributed by atoms with Gasteiger partial charge < -0.3 is 4.57 Å². The highest BCUT2D eigenvalue weighted by molar-refractivity contribution is 6.30. The van der Waals surface area contributed by atoms with Gasteiger partial charge in [-0.2, -0.15) is 0 Å². The Morgan fingerprint density at radius 1 is 1.04 bits per heavy atom. The van der Waals surface area contributed by atoms with Gasteiger partial charge in [0, 0.05) is 17.0 Å². The Hall–Kier alpha value is -1.84. The van der Waals surface area contributed by atoms with Gasteiger partial charge in [0.15, 0.2) is 0 Å². The van der Waals surface area contributed by atoms with Crippen molar-refractivity contribution in [2.24, 2.45) is 0 Å². The summed E-state index contributed by atoms with van der Waals surface area (Å²) in [5, 5.41) is 0.420. The van der Waals surface area contributed by atoms with Gasteiger partial charge in [-0.25, -0.2) is 4.98 Å². The summed E-state index contributed by atoms with van der Waals surface area (Å²) in [6.45, 7) is -9.57. The largest absolute Gasteiger partial charge is 0.322 e. The zero-order chi connectivity index (χ0) is 22.8. The Labute approximate surface area is 152 Å². The summed E-state index contributed by atoms with van der Waals surface area (Å²) in [5.74, 6) is -0.414. The Morgan fingerprint density at radius 2 is 1.78 bits per heavy atom. The van der Waals surface area contributed by atoms with Gasteiger partial charge in [-0.15, -0.1) is 0 Å². The van der Waals surface area contributed by atoms with Gasteiger partial charge in [-0.05, 0) is 55.7 Å². The lowest BCUT2D eigenvalue weighted by atomic mass is 10.2. The fourth-order valence-electron chi connectivity index (χ4n) is 2.44. The van der Waals surface area contributed by atoms with E-state index in [0.717, 1.165) is 4.57 Å². The average Bonchev–Trinajstić information content (AvgIpc) is 3.17. The number of imidazole rings is 1. The molecular weight excluding hydrogens is 306 g/mol. The second-order valence-corrected chi connectivity index (χ2v) is 5.58. The minimum atomic E-state index is -2.75. The Morgan fingerprint density at radius 3 is 2.57 bits per heavy atom. The fraction of sp³-hybridized carbons (Fsp3) is 0.316. The van der Waals surface area contributed by atoms with E-state index in [-0.39, 0.29) is 18.4 Å². The number of nitrogens with zero attached hydrogens (tertiary/aromatic N) is 3. The molecule has 1 saturated heterocycles. The standard InChI is InChI=1S/C19H20ClN3/c20-16-9-7-15(8-10-16)13-23-18-6-2-1-5-17(18)21-19(23)14-22-11-3-4-12-22/h1-2,5-10H,3-4,11-14H2/i11D2,12D2,13D2,14D2. The van der Waals surface area contributed by atoms with Crippen molar-refractivity contribution in [1.82, 2.24) is 14.5 Å². The third-order valence-electron chi connectivity index (χ3n) is 3.52. The predicted molar refractivity (Wildman–Crippen MR) is 94.8 cm³/mol. The molecule has 1 fully saturated rings. The van der Waals surface area contributed by atoms with Crippen molar-refractivity contribution in [2.45, 2.75) is 25.8 Å². The van der Waals surface area contributed by atoms with Gasteiger partial charge in [0.25, 0.3) is 0 Å². The maximum atomic E-state index is 8.84. The number of fused-ring (bicyclic) bond motifs is 1. The van der Waals surface area contributed by atoms with E-state index in [1.165, 1.54) is 24.3 Å². The Balaban J connectivity index is 1.99. The van der Waals surface area contributed by atoms with Crippen LogP contribution < -0.4 is 0 Å². The number of para-hydroxylation sites is 2. The van der Waals surface area contributed by atoms with Crippen molar-refractivity contribution in [3.8, 4) is 0 Å². The molecule has 1 aliphatic rings. The van der Waals surface area contributed by atoms with E-state index < -0.39 is 31.8 Å². The van der Waals surface area contributed by atoms with Gasteiger partial charge in [-0.3, -0.25) is 4.90 Å². The quantitative estimate of drug-likeness (QED) is 0.708. The maximum absolute atomic E-state index is 8.84. The molecule has 118 valence electrons. The molecule has 1 aromatic heterocycles. The topological polar surface area (TPSA) is 21.1 Å². The monoisotopic (exact) mass is 333 g/mol. The smallest absolute Gasteiger partial charge is 0.124 e. The highest BCUT2D eigenvalue weighted by Crippen LogP contribution is 2.21. The first kappa shape index (κ1) is 8.32. The molecule has 3 nitrogen and oxygen atoms in total. The molecule has 2 aromatic carbocycles. The summed E-state index contributed by atoms with van der Waals surface area (Å²) in [6.07, 6.45) is -0.381. The van der Waals surface area contributed by atoms with Crippen molar-refractivity contribution in [3.63, 3.8) is 0 Å². The number of hydrogen-bond donors (Lipinski definition) is 0. The highest BCUT2D eigenvalue weighted by atomic mass is 35.5. The van der Waals surface area contributed by atoms with Crippen molar-refractivity contribution in [1.29, 1.82) is 0 Å². The van der Waals surface area contributed by atoms with Crippen LogP contribution in [0.25, 0.3) is 11.0 Å². The van der Waals surface area contributed by atoms with Gasteiger partial charge in [0.05, 0.1) is 23.0 Å². The number of likely N-dealkylation sites (tertiary alicyclic amines) is 1. The van der Waals surface area contributed by atoms with Crippen LogP contribution in [0, 0.1) is 0 Å². The number of aromatic nitrogens is 2. The molecule has 0 atom stereocenters. The molecule has 4 heteroatoms. The van der Waals surface area contributed by atoms with E-state index in [0.29, 0.717) is 21.0 Å². The molecule has 0 N–H and O–H groups in total. The number of benzene rings is 2. The van der Waals surface area contributed by atoms with E-state index >= 15 is 0 Å². The molecule has 0 bridgehead atoms. The van der Waals surface area contributed by atoms with Crippen LogP contribution >= 0.6 is 11.6 Å². The van der Waals surface area contributed by atoms with E-state index in [9.17, 15) is 0 Å². The van der Waals surface area contributed by atoms with Crippen molar-refractivity contribution >= 4 is 22.6 Å². The number of halogens is 1. The number of rotatable bonds is 4. The Bertz CT molecular complexity index is 1110. The van der Waals surface area contributed by atoms with Gasteiger partial charge in [0.2, 0.25) is 0 Å². The number of hydrogen-bond acceptors (Lipinski definition) is 2. The lowest BCUT2D eigenvalue weighted by Crippen LogP contribution is -2.21. The third kappa shape index (κ3) is 3.12. The summed E-state index contributed by atoms with van der Waals surface area (Å²) < 4.78 is 69.2. The first-order valence-corrected chi connectivity index (χ1v) is 7.71. The van der Waals surface area contributed by atoms with Crippen LogP contribution in [-0.2, 0) is 13.0 Å². The molecule has 1 aliphatic heterocycles. The molecule has 0 amide bonds. The van der Waals surface area contributed by atoms with E-state index in [1.54, 1.807) is 24.3 Å². The molecule has 0 aliphatic carbocycles. The molecule has 4 rings (SSSR count). The third-order valence-corrected chi connectivity index (χ3v) is 3.77. The van der Waals surface area contributed by atoms with Gasteiger partial charge >= 0.3 is 0 Å². The minimum Gasteiger partial charge on any atom is -0.322 e. The van der Waals surface area contributed by atoms with Crippen LogP contribution in [0.15, 0.2) is 48.5 Å². The van der Waals surface area contributed by atoms with Crippen LogP contribution in [0.5, 0.6) is 0 Å². The van der Waals surface area contributed by atoms with E-state index in [2.05, 4.69) is 4.98 Å². The summed E-state index contributed by atoms with van der Waals surface area (Å²) in [4.78, 5) is 4.85. The molecule has 23 heavy (non-hydrogen) atoms. The molecule has 0 radical (unpaired) electrons. The van der Waals surface area contributed by atoms with Crippen LogP contribution in [-0.4, -0.2) is 27.4 Å². The van der Waals surface area contributed by atoms with Crippen LogP contribution in [0.1, 0.15) is 35.2 Å². The van der Waals surface area contributed by atoms with Crippen molar-refractivity contribution < 1.29 is 11.0 Å². The Kier molecular flexibility index (Phi) is 2.29. The molecule has 0 unspecified atom stereocenters. The molecule has 2 heterocycles. The lowest BCUT2D eigenvalue weighted by molar-refractivity contribution is 0.318. The molecule has 0 saturated carbocycles. The maximum Gasteiger partial charge on any atom is 0.124 e. The van der Waals surface area contributed by atoms with Crippen molar-refractivity contribution in [3.05, 3.63) is 64.9 Å². The summed E-state index contributed by atoms with van der Waals surface area (Å²) in [7, 11) is 0. The van der Waals surface area contributed by atoms with E-state index in [4.69, 9.17) is 22.6 Å². The molecule has 0 spiro atoms. The zero-order valence-electron chi connectivity index (χ0n) is 20.3. The van der Waals surface area contributed by atoms with Crippen molar-refractivity contribution in [2.75, 3.05) is 13.0 Å². The zero-order valence-corrected chi connectivity index (χ0v) is 13.0. The molecule has 3 aromatic rings. The predicted octanol–water partition coefficient (Wildman–Crippen LogP) is 4.33. The summed E-state index contributed by atoms with van der Waals surface area (Å²) in [6, 6.07) is 12.6. The average molecular weight is 334 g/mol. The summed E-state index contributed by atoms with van der Waals surface area (Å²) in [5.41, 5.74) is 0.825. The normalized spacial score (nSPS) is 26.3. The first-order valence-electron chi connectivity index (χ1n) is 11.3. The first-order chi connectivity index (χ1) is 14.3. The fourth-order valence-corrected chi connectivity index (χ4v) is 2.56. The minimum absolute atomic E-state index is 0.191. The van der Waals surface area contributed by atoms with E-state index in [1.807, 2.05) is 0 Å². The van der Waals surface area contributed by atoms with Crippen LogP contribution in [0.3, 0.4) is 0 Å². The van der Waals surface area contributed by atoms with Gasteiger partial charge in [-0.1, -0.05) is 35.9 Å². The summed E-state index contributed by atoms with van der Waals surface area (Å²) >= 11 is 5.94. The molecular formula is C19H20ClN3. The van der Waals surface area contributed by atoms with Gasteiger partial charge in [0.1, 0.15) is 5.82 Å². The highest BCUT2D eigenvalue weighted by Gasteiger charge is 2.17.